The lowest BCUT2D eigenvalue weighted by molar-refractivity contribution is 0.306. The molecule has 2 aromatic rings. The number of halogens is 1. The zero-order valence-corrected chi connectivity index (χ0v) is 13.9. The Balaban J connectivity index is 2.00. The fourth-order valence-electron chi connectivity index (χ4n) is 1.99. The Hall–Kier alpha value is -1.28. The maximum atomic E-state index is 5.84. The van der Waals surface area contributed by atoms with Crippen LogP contribution in [-0.4, -0.2) is 0 Å². The van der Waals surface area contributed by atoms with Gasteiger partial charge in [-0.15, -0.1) is 0 Å². The van der Waals surface area contributed by atoms with Crippen LogP contribution in [0.5, 0.6) is 5.75 Å². The standard InChI is InChI=1S/C18H21BrO/c1-18(2,3)16-9-7-14(8-10-16)13-20-17-6-4-5-15(11-17)12-19/h4-11H,12-13H2,1-3H3. The predicted molar refractivity (Wildman–Crippen MR) is 88.5 cm³/mol. The second-order valence-electron chi connectivity index (χ2n) is 6.02. The first-order valence-corrected chi connectivity index (χ1v) is 7.98. The minimum atomic E-state index is 0.198. The molecule has 0 saturated heterocycles. The highest BCUT2D eigenvalue weighted by molar-refractivity contribution is 9.08. The van der Waals surface area contributed by atoms with Crippen LogP contribution in [0.3, 0.4) is 0 Å². The van der Waals surface area contributed by atoms with Crippen molar-refractivity contribution >= 4 is 15.9 Å². The van der Waals surface area contributed by atoms with Crippen LogP contribution in [0, 0.1) is 0 Å². The minimum absolute atomic E-state index is 0.198. The molecule has 0 aliphatic carbocycles. The SMILES string of the molecule is CC(C)(C)c1ccc(COc2cccc(CBr)c2)cc1. The number of rotatable bonds is 4. The van der Waals surface area contributed by atoms with Gasteiger partial charge in [0, 0.05) is 5.33 Å². The van der Waals surface area contributed by atoms with Crippen molar-refractivity contribution < 1.29 is 4.74 Å². The third-order valence-electron chi connectivity index (χ3n) is 3.28. The first-order chi connectivity index (χ1) is 9.49. The van der Waals surface area contributed by atoms with Crippen LogP contribution < -0.4 is 4.74 Å². The summed E-state index contributed by atoms with van der Waals surface area (Å²) in [7, 11) is 0. The molecule has 2 aromatic carbocycles. The second kappa shape index (κ2) is 6.45. The Morgan fingerprint density at radius 2 is 1.65 bits per heavy atom. The molecule has 0 saturated carbocycles. The molecule has 2 rings (SSSR count). The normalized spacial score (nSPS) is 11.4. The summed E-state index contributed by atoms with van der Waals surface area (Å²) in [6, 6.07) is 16.8. The highest BCUT2D eigenvalue weighted by Gasteiger charge is 2.12. The second-order valence-corrected chi connectivity index (χ2v) is 6.58. The van der Waals surface area contributed by atoms with Crippen LogP contribution in [0.4, 0.5) is 0 Å². The molecule has 0 spiro atoms. The van der Waals surface area contributed by atoms with E-state index in [2.05, 4.69) is 73.1 Å². The Bertz CT molecular complexity index is 552. The first-order valence-electron chi connectivity index (χ1n) is 6.86. The zero-order chi connectivity index (χ0) is 14.6. The molecule has 20 heavy (non-hydrogen) atoms. The smallest absolute Gasteiger partial charge is 0.120 e. The van der Waals surface area contributed by atoms with Gasteiger partial charge in [-0.05, 0) is 34.2 Å². The summed E-state index contributed by atoms with van der Waals surface area (Å²) in [5.74, 6) is 0.918. The van der Waals surface area contributed by atoms with E-state index >= 15 is 0 Å². The van der Waals surface area contributed by atoms with E-state index < -0.39 is 0 Å². The molecular formula is C18H21BrO. The highest BCUT2D eigenvalue weighted by atomic mass is 79.9. The number of hydrogen-bond acceptors (Lipinski definition) is 1. The largest absolute Gasteiger partial charge is 0.489 e. The van der Waals surface area contributed by atoms with Crippen molar-refractivity contribution in [3.05, 3.63) is 65.2 Å². The Morgan fingerprint density at radius 1 is 0.950 bits per heavy atom. The van der Waals surface area contributed by atoms with Crippen molar-refractivity contribution in [2.24, 2.45) is 0 Å². The van der Waals surface area contributed by atoms with E-state index in [1.165, 1.54) is 16.7 Å². The van der Waals surface area contributed by atoms with Crippen molar-refractivity contribution in [3.63, 3.8) is 0 Å². The molecule has 0 heterocycles. The molecule has 0 amide bonds. The van der Waals surface area contributed by atoms with E-state index in [0.29, 0.717) is 6.61 Å². The van der Waals surface area contributed by atoms with E-state index in [1.807, 2.05) is 12.1 Å². The number of ether oxygens (including phenoxy) is 1. The fourth-order valence-corrected chi connectivity index (χ4v) is 2.33. The van der Waals surface area contributed by atoms with Crippen molar-refractivity contribution in [1.29, 1.82) is 0 Å². The molecule has 2 heteroatoms. The lowest BCUT2D eigenvalue weighted by Gasteiger charge is -2.19. The summed E-state index contributed by atoms with van der Waals surface area (Å²) < 4.78 is 5.84. The maximum Gasteiger partial charge on any atom is 0.120 e. The lowest BCUT2D eigenvalue weighted by atomic mass is 9.87. The quantitative estimate of drug-likeness (QED) is 0.675. The average Bonchev–Trinajstić information content (AvgIpc) is 2.45. The third kappa shape index (κ3) is 4.11. The van der Waals surface area contributed by atoms with Crippen LogP contribution in [0.1, 0.15) is 37.5 Å². The average molecular weight is 333 g/mol. The Morgan fingerprint density at radius 3 is 2.25 bits per heavy atom. The van der Waals surface area contributed by atoms with Gasteiger partial charge in [0.05, 0.1) is 0 Å². The van der Waals surface area contributed by atoms with Gasteiger partial charge in [-0.3, -0.25) is 0 Å². The lowest BCUT2D eigenvalue weighted by Crippen LogP contribution is -2.10. The minimum Gasteiger partial charge on any atom is -0.489 e. The molecular weight excluding hydrogens is 312 g/mol. The van der Waals surface area contributed by atoms with Crippen molar-refractivity contribution in [2.45, 2.75) is 38.1 Å². The monoisotopic (exact) mass is 332 g/mol. The van der Waals surface area contributed by atoms with Gasteiger partial charge in [0.25, 0.3) is 0 Å². The van der Waals surface area contributed by atoms with Gasteiger partial charge < -0.3 is 4.74 Å². The van der Waals surface area contributed by atoms with E-state index in [-0.39, 0.29) is 5.41 Å². The molecule has 0 aliphatic rings. The number of benzene rings is 2. The van der Waals surface area contributed by atoms with Gasteiger partial charge in [-0.2, -0.15) is 0 Å². The summed E-state index contributed by atoms with van der Waals surface area (Å²) in [5, 5.41) is 0.852. The molecule has 0 fully saturated rings. The van der Waals surface area contributed by atoms with Crippen molar-refractivity contribution in [1.82, 2.24) is 0 Å². The van der Waals surface area contributed by atoms with Gasteiger partial charge in [-0.25, -0.2) is 0 Å². The van der Waals surface area contributed by atoms with Gasteiger partial charge in [0.15, 0.2) is 0 Å². The first kappa shape index (κ1) is 15.1. The van der Waals surface area contributed by atoms with Gasteiger partial charge >= 0.3 is 0 Å². The highest BCUT2D eigenvalue weighted by Crippen LogP contribution is 2.23. The van der Waals surface area contributed by atoms with E-state index in [4.69, 9.17) is 4.74 Å². The zero-order valence-electron chi connectivity index (χ0n) is 12.3. The molecule has 1 nitrogen and oxygen atoms in total. The summed E-state index contributed by atoms with van der Waals surface area (Å²) in [6.07, 6.45) is 0. The number of hydrogen-bond donors (Lipinski definition) is 0. The van der Waals surface area contributed by atoms with Gasteiger partial charge in [-0.1, -0.05) is 73.1 Å². The molecule has 0 aromatic heterocycles. The van der Waals surface area contributed by atoms with Crippen LogP contribution in [0.15, 0.2) is 48.5 Å². The molecule has 0 atom stereocenters. The predicted octanol–water partition coefficient (Wildman–Crippen LogP) is 5.46. The summed E-state index contributed by atoms with van der Waals surface area (Å²) in [6.45, 7) is 7.29. The van der Waals surface area contributed by atoms with Crippen LogP contribution in [-0.2, 0) is 17.4 Å². The topological polar surface area (TPSA) is 9.23 Å². The third-order valence-corrected chi connectivity index (χ3v) is 3.93. The Labute approximate surface area is 130 Å². The van der Waals surface area contributed by atoms with E-state index in [0.717, 1.165) is 11.1 Å². The van der Waals surface area contributed by atoms with Crippen molar-refractivity contribution in [3.8, 4) is 5.75 Å². The fraction of sp³-hybridized carbons (Fsp3) is 0.333. The molecule has 0 unspecified atom stereocenters. The van der Waals surface area contributed by atoms with Gasteiger partial charge in [0.2, 0.25) is 0 Å². The summed E-state index contributed by atoms with van der Waals surface area (Å²) >= 11 is 3.46. The number of alkyl halides is 1. The Kier molecular flexibility index (Phi) is 4.87. The molecule has 0 bridgehead atoms. The molecule has 0 radical (unpaired) electrons. The summed E-state index contributed by atoms with van der Waals surface area (Å²) in [5.41, 5.74) is 3.97. The van der Waals surface area contributed by atoms with Crippen molar-refractivity contribution in [2.75, 3.05) is 0 Å². The molecule has 106 valence electrons. The summed E-state index contributed by atoms with van der Waals surface area (Å²) in [4.78, 5) is 0. The van der Waals surface area contributed by atoms with E-state index in [9.17, 15) is 0 Å². The van der Waals surface area contributed by atoms with Crippen LogP contribution in [0.25, 0.3) is 0 Å². The van der Waals surface area contributed by atoms with Gasteiger partial charge in [0.1, 0.15) is 12.4 Å². The van der Waals surface area contributed by atoms with Crippen LogP contribution >= 0.6 is 15.9 Å². The maximum absolute atomic E-state index is 5.84. The molecule has 0 aliphatic heterocycles. The van der Waals surface area contributed by atoms with E-state index in [1.54, 1.807) is 0 Å². The van der Waals surface area contributed by atoms with Crippen LogP contribution in [0.2, 0.25) is 0 Å². The molecule has 0 N–H and O–H groups in total.